The van der Waals surface area contributed by atoms with Gasteiger partial charge in [0.1, 0.15) is 0 Å². The molecule has 3 heteroatoms. The van der Waals surface area contributed by atoms with Crippen LogP contribution in [0.15, 0.2) is 42.5 Å². The fourth-order valence-electron chi connectivity index (χ4n) is 1.88. The van der Waals surface area contributed by atoms with Crippen LogP contribution in [0.4, 0.5) is 0 Å². The van der Waals surface area contributed by atoms with Crippen LogP contribution in [0.5, 0.6) is 0 Å². The van der Waals surface area contributed by atoms with Gasteiger partial charge in [0.25, 0.3) is 5.91 Å². The lowest BCUT2D eigenvalue weighted by atomic mass is 10.2. The van der Waals surface area contributed by atoms with E-state index in [4.69, 9.17) is 0 Å². The van der Waals surface area contributed by atoms with E-state index in [1.165, 1.54) is 16.7 Å². The highest BCUT2D eigenvalue weighted by atomic mass is 16.2. The molecule has 1 aliphatic rings. The molecule has 1 aromatic carbocycles. The minimum Gasteiger partial charge on any atom is -0.288 e. The summed E-state index contributed by atoms with van der Waals surface area (Å²) in [5.41, 5.74) is 1.24. The summed E-state index contributed by atoms with van der Waals surface area (Å²) < 4.78 is 1.46. The zero-order valence-electron chi connectivity index (χ0n) is 7.81. The molecule has 0 saturated carbocycles. The monoisotopic (exact) mass is 197 g/mol. The molecule has 0 saturated heterocycles. The second kappa shape index (κ2) is 2.67. The van der Waals surface area contributed by atoms with Gasteiger partial charge in [0.2, 0.25) is 5.78 Å². The van der Waals surface area contributed by atoms with Gasteiger partial charge in [0, 0.05) is 11.5 Å². The van der Waals surface area contributed by atoms with Crippen molar-refractivity contribution < 1.29 is 9.59 Å². The highest BCUT2D eigenvalue weighted by Gasteiger charge is 2.20. The van der Waals surface area contributed by atoms with Crippen LogP contribution < -0.4 is 0 Å². The lowest BCUT2D eigenvalue weighted by Gasteiger charge is -2.07. The van der Waals surface area contributed by atoms with E-state index >= 15 is 0 Å². The Kier molecular flexibility index (Phi) is 1.45. The number of rotatable bonds is 0. The molecule has 0 amide bonds. The Labute approximate surface area is 85.6 Å². The van der Waals surface area contributed by atoms with E-state index in [-0.39, 0.29) is 11.7 Å². The molecule has 0 N–H and O–H groups in total. The first-order valence-electron chi connectivity index (χ1n) is 4.64. The first kappa shape index (κ1) is 8.17. The molecule has 0 bridgehead atoms. The van der Waals surface area contributed by atoms with Crippen LogP contribution in [0.25, 0.3) is 10.9 Å². The molecule has 2 aromatic rings. The van der Waals surface area contributed by atoms with Gasteiger partial charge in [-0.3, -0.25) is 14.2 Å². The van der Waals surface area contributed by atoms with Crippen LogP contribution in [-0.4, -0.2) is 16.3 Å². The van der Waals surface area contributed by atoms with Gasteiger partial charge in [0.05, 0.1) is 11.2 Å². The van der Waals surface area contributed by atoms with E-state index in [9.17, 15) is 9.59 Å². The number of hydrogen-bond acceptors (Lipinski definition) is 2. The van der Waals surface area contributed by atoms with Crippen molar-refractivity contribution in [2.75, 3.05) is 0 Å². The van der Waals surface area contributed by atoms with E-state index in [2.05, 4.69) is 0 Å². The summed E-state index contributed by atoms with van der Waals surface area (Å²) >= 11 is 0. The predicted molar refractivity (Wildman–Crippen MR) is 56.0 cm³/mol. The Morgan fingerprint density at radius 1 is 1.00 bits per heavy atom. The number of aromatic nitrogens is 1. The van der Waals surface area contributed by atoms with Crippen molar-refractivity contribution in [2.45, 2.75) is 0 Å². The van der Waals surface area contributed by atoms with Crippen molar-refractivity contribution in [3.05, 3.63) is 48.2 Å². The third kappa shape index (κ3) is 1.00. The molecule has 1 aromatic heterocycles. The van der Waals surface area contributed by atoms with E-state index in [1.54, 1.807) is 6.07 Å². The van der Waals surface area contributed by atoms with E-state index in [0.717, 1.165) is 10.9 Å². The van der Waals surface area contributed by atoms with Crippen molar-refractivity contribution in [2.24, 2.45) is 0 Å². The average molecular weight is 197 g/mol. The second-order valence-electron chi connectivity index (χ2n) is 3.46. The van der Waals surface area contributed by atoms with Gasteiger partial charge in [-0.05, 0) is 18.2 Å². The van der Waals surface area contributed by atoms with Crippen LogP contribution in [0.2, 0.25) is 0 Å². The Morgan fingerprint density at radius 2 is 1.80 bits per heavy atom. The van der Waals surface area contributed by atoms with Crippen LogP contribution in [0.3, 0.4) is 0 Å². The summed E-state index contributed by atoms with van der Waals surface area (Å²) in [7, 11) is 0. The summed E-state index contributed by atoms with van der Waals surface area (Å²) in [5, 5.41) is 0.915. The molecule has 0 unspecified atom stereocenters. The lowest BCUT2D eigenvalue weighted by Crippen LogP contribution is -2.18. The van der Waals surface area contributed by atoms with Gasteiger partial charge in [0.15, 0.2) is 0 Å². The summed E-state index contributed by atoms with van der Waals surface area (Å²) in [6, 6.07) is 9.21. The molecular weight excluding hydrogens is 190 g/mol. The SMILES string of the molecule is O=C1C=CC(=O)n2c1cc1ccccc12. The third-order valence-corrected chi connectivity index (χ3v) is 2.56. The molecule has 0 atom stereocenters. The summed E-state index contributed by atoms with van der Waals surface area (Å²) in [6.07, 6.45) is 2.62. The van der Waals surface area contributed by atoms with E-state index < -0.39 is 0 Å². The molecule has 3 nitrogen and oxygen atoms in total. The number of ketones is 1. The molecule has 0 fully saturated rings. The van der Waals surface area contributed by atoms with Crippen LogP contribution in [0.1, 0.15) is 15.3 Å². The predicted octanol–water partition coefficient (Wildman–Crippen LogP) is 2.03. The van der Waals surface area contributed by atoms with Crippen molar-refractivity contribution >= 4 is 22.6 Å². The summed E-state index contributed by atoms with van der Waals surface area (Å²) in [6.45, 7) is 0. The minimum atomic E-state index is -0.161. The number of para-hydroxylation sites is 1. The molecule has 2 heterocycles. The molecule has 1 aliphatic heterocycles. The third-order valence-electron chi connectivity index (χ3n) is 2.56. The number of benzene rings is 1. The fraction of sp³-hybridized carbons (Fsp3) is 0. The number of carbonyl (C=O) groups excluding carboxylic acids is 2. The van der Waals surface area contributed by atoms with Crippen molar-refractivity contribution in [1.82, 2.24) is 4.57 Å². The van der Waals surface area contributed by atoms with Gasteiger partial charge in [-0.2, -0.15) is 0 Å². The highest BCUT2D eigenvalue weighted by molar-refractivity contribution is 6.17. The van der Waals surface area contributed by atoms with Crippen molar-refractivity contribution in [3.63, 3.8) is 0 Å². The standard InChI is InChI=1S/C12H7NO2/c14-11-5-6-12(15)13-9-4-2-1-3-8(9)7-10(11)13/h1-7H. The van der Waals surface area contributed by atoms with Gasteiger partial charge in [-0.25, -0.2) is 0 Å². The number of nitrogens with zero attached hydrogens (tertiary/aromatic N) is 1. The maximum atomic E-state index is 11.6. The highest BCUT2D eigenvalue weighted by Crippen LogP contribution is 2.22. The summed E-state index contributed by atoms with van der Waals surface area (Å²) in [5.74, 6) is -0.281. The minimum absolute atomic E-state index is 0.120. The first-order valence-corrected chi connectivity index (χ1v) is 4.64. The van der Waals surface area contributed by atoms with Gasteiger partial charge >= 0.3 is 0 Å². The number of carbonyl (C=O) groups is 2. The Bertz CT molecular complexity index is 620. The molecule has 72 valence electrons. The Balaban J connectivity index is 2.47. The van der Waals surface area contributed by atoms with Crippen LogP contribution in [-0.2, 0) is 0 Å². The van der Waals surface area contributed by atoms with E-state index in [0.29, 0.717) is 5.69 Å². The number of hydrogen-bond donors (Lipinski definition) is 0. The largest absolute Gasteiger partial charge is 0.288 e. The van der Waals surface area contributed by atoms with Crippen LogP contribution in [0, 0.1) is 0 Å². The van der Waals surface area contributed by atoms with Gasteiger partial charge in [-0.1, -0.05) is 18.2 Å². The van der Waals surface area contributed by atoms with Gasteiger partial charge < -0.3 is 0 Å². The zero-order chi connectivity index (χ0) is 10.4. The molecule has 0 radical (unpaired) electrons. The molecular formula is C12H7NO2. The maximum Gasteiger partial charge on any atom is 0.255 e. The first-order chi connectivity index (χ1) is 7.27. The zero-order valence-corrected chi connectivity index (χ0v) is 7.81. The Morgan fingerprint density at radius 3 is 2.67 bits per heavy atom. The van der Waals surface area contributed by atoms with Crippen molar-refractivity contribution in [3.8, 4) is 0 Å². The fourth-order valence-corrected chi connectivity index (χ4v) is 1.88. The molecule has 0 aliphatic carbocycles. The Hall–Kier alpha value is -2.16. The number of fused-ring (bicyclic) bond motifs is 3. The quantitative estimate of drug-likeness (QED) is 0.648. The maximum absolute atomic E-state index is 11.6. The van der Waals surface area contributed by atoms with Gasteiger partial charge in [-0.15, -0.1) is 0 Å². The summed E-state index contributed by atoms with van der Waals surface area (Å²) in [4.78, 5) is 23.2. The molecule has 3 rings (SSSR count). The number of allylic oxidation sites excluding steroid dienone is 2. The van der Waals surface area contributed by atoms with E-state index in [1.807, 2.05) is 24.3 Å². The van der Waals surface area contributed by atoms with Crippen molar-refractivity contribution in [1.29, 1.82) is 0 Å². The smallest absolute Gasteiger partial charge is 0.255 e. The average Bonchev–Trinajstić information content (AvgIpc) is 2.64. The topological polar surface area (TPSA) is 39.1 Å². The lowest BCUT2D eigenvalue weighted by molar-refractivity contribution is 0.0930. The second-order valence-corrected chi connectivity index (χ2v) is 3.46. The van der Waals surface area contributed by atoms with Crippen LogP contribution >= 0.6 is 0 Å². The normalized spacial score (nSPS) is 14.7. The molecule has 15 heavy (non-hydrogen) atoms. The molecule has 0 spiro atoms.